The molecule has 0 spiro atoms. The molecule has 0 amide bonds. The summed E-state index contributed by atoms with van der Waals surface area (Å²) in [6.07, 6.45) is 3.08. The molecule has 0 bridgehead atoms. The van der Waals surface area contributed by atoms with E-state index in [1.54, 1.807) is 6.33 Å². The van der Waals surface area contributed by atoms with E-state index in [4.69, 9.17) is 0 Å². The summed E-state index contributed by atoms with van der Waals surface area (Å²) >= 11 is 0. The van der Waals surface area contributed by atoms with Crippen LogP contribution in [0.2, 0.25) is 0 Å². The van der Waals surface area contributed by atoms with Gasteiger partial charge in [0.1, 0.15) is 12.1 Å². The highest BCUT2D eigenvalue weighted by atomic mass is 19.4. The Kier molecular flexibility index (Phi) is 5.79. The van der Waals surface area contributed by atoms with Crippen molar-refractivity contribution in [2.24, 2.45) is 0 Å². The molecule has 5 nitrogen and oxygen atoms in total. The van der Waals surface area contributed by atoms with Gasteiger partial charge >= 0.3 is 6.36 Å². The second-order valence-corrected chi connectivity index (χ2v) is 7.98. The Labute approximate surface area is 194 Å². The van der Waals surface area contributed by atoms with Crippen molar-refractivity contribution in [1.29, 1.82) is 0 Å². The molecule has 5 rings (SSSR count). The van der Waals surface area contributed by atoms with Crippen LogP contribution in [0.25, 0.3) is 27.8 Å². The first kappa shape index (κ1) is 21.8. The predicted molar refractivity (Wildman–Crippen MR) is 124 cm³/mol. The molecule has 172 valence electrons. The SMILES string of the molecule is FC(F)(F)Oc1ccc(-n2cnc(-c3cccc(CCCn4cc5ccccc5c4)c3)n2)cc1. The van der Waals surface area contributed by atoms with E-state index in [0.29, 0.717) is 11.5 Å². The largest absolute Gasteiger partial charge is 0.573 e. The first-order valence-corrected chi connectivity index (χ1v) is 10.8. The van der Waals surface area contributed by atoms with Crippen LogP contribution in [0.3, 0.4) is 0 Å². The molecule has 0 saturated heterocycles. The highest BCUT2D eigenvalue weighted by Crippen LogP contribution is 2.24. The van der Waals surface area contributed by atoms with E-state index in [1.165, 1.54) is 45.3 Å². The molecule has 0 atom stereocenters. The number of aryl methyl sites for hydroxylation is 2. The van der Waals surface area contributed by atoms with Crippen LogP contribution in [0.15, 0.2) is 91.5 Å². The van der Waals surface area contributed by atoms with Crippen molar-refractivity contribution in [1.82, 2.24) is 19.3 Å². The topological polar surface area (TPSA) is 44.9 Å². The molecule has 0 aliphatic heterocycles. The molecule has 34 heavy (non-hydrogen) atoms. The molecule has 5 aromatic rings. The minimum atomic E-state index is -4.72. The van der Waals surface area contributed by atoms with Gasteiger partial charge in [-0.15, -0.1) is 18.3 Å². The number of hydrogen-bond donors (Lipinski definition) is 0. The van der Waals surface area contributed by atoms with Gasteiger partial charge in [-0.2, -0.15) is 0 Å². The van der Waals surface area contributed by atoms with Crippen molar-refractivity contribution >= 4 is 10.8 Å². The van der Waals surface area contributed by atoms with Gasteiger partial charge in [0.15, 0.2) is 5.82 Å². The van der Waals surface area contributed by atoms with Crippen molar-refractivity contribution < 1.29 is 17.9 Å². The quantitative estimate of drug-likeness (QED) is 0.280. The van der Waals surface area contributed by atoms with Crippen LogP contribution in [-0.4, -0.2) is 25.7 Å². The minimum absolute atomic E-state index is 0.280. The number of halogens is 3. The second kappa shape index (κ2) is 9.05. The van der Waals surface area contributed by atoms with Crippen LogP contribution in [0, 0.1) is 0 Å². The minimum Gasteiger partial charge on any atom is -0.406 e. The Hall–Kier alpha value is -4.07. The smallest absolute Gasteiger partial charge is 0.406 e. The monoisotopic (exact) mass is 462 g/mol. The highest BCUT2D eigenvalue weighted by Gasteiger charge is 2.31. The van der Waals surface area contributed by atoms with E-state index in [2.05, 4.69) is 56.0 Å². The Balaban J connectivity index is 1.23. The highest BCUT2D eigenvalue weighted by molar-refractivity contribution is 5.82. The standard InChI is InChI=1S/C26H21F3N4O/c27-26(28,29)34-24-12-10-23(11-13-24)33-18-30-25(31-33)20-9-3-5-19(15-20)6-4-14-32-16-21-7-1-2-8-22(21)17-32/h1-3,5,7-13,15-18H,4,6,14H2. The summed E-state index contributed by atoms with van der Waals surface area (Å²) < 4.78 is 44.7. The van der Waals surface area contributed by atoms with E-state index in [-0.39, 0.29) is 5.75 Å². The van der Waals surface area contributed by atoms with Crippen molar-refractivity contribution in [2.75, 3.05) is 0 Å². The van der Waals surface area contributed by atoms with Crippen LogP contribution in [0.4, 0.5) is 13.2 Å². The summed E-state index contributed by atoms with van der Waals surface area (Å²) in [6, 6.07) is 21.9. The Morgan fingerprint density at radius 1 is 0.853 bits per heavy atom. The maximum Gasteiger partial charge on any atom is 0.573 e. The summed E-state index contributed by atoms with van der Waals surface area (Å²) in [4.78, 5) is 4.37. The summed E-state index contributed by atoms with van der Waals surface area (Å²) in [5.74, 6) is 0.270. The van der Waals surface area contributed by atoms with Crippen LogP contribution >= 0.6 is 0 Å². The van der Waals surface area contributed by atoms with Crippen molar-refractivity contribution in [3.8, 4) is 22.8 Å². The second-order valence-electron chi connectivity index (χ2n) is 7.98. The third kappa shape index (κ3) is 5.11. The van der Waals surface area contributed by atoms with Gasteiger partial charge in [0.2, 0.25) is 0 Å². The van der Waals surface area contributed by atoms with Gasteiger partial charge in [0.25, 0.3) is 0 Å². The molecule has 2 aromatic heterocycles. The summed E-state index contributed by atoms with van der Waals surface area (Å²) in [6.45, 7) is 0.930. The van der Waals surface area contributed by atoms with Crippen LogP contribution in [0.1, 0.15) is 12.0 Å². The average Bonchev–Trinajstić information content (AvgIpc) is 3.46. The first-order chi connectivity index (χ1) is 16.4. The van der Waals surface area contributed by atoms with Gasteiger partial charge in [0.05, 0.1) is 5.69 Å². The molecule has 0 radical (unpaired) electrons. The maximum absolute atomic E-state index is 12.3. The van der Waals surface area contributed by atoms with Crippen molar-refractivity contribution in [2.45, 2.75) is 25.7 Å². The number of rotatable bonds is 7. The van der Waals surface area contributed by atoms with Gasteiger partial charge in [-0.05, 0) is 59.5 Å². The van der Waals surface area contributed by atoms with Crippen LogP contribution in [0.5, 0.6) is 5.75 Å². The lowest BCUT2D eigenvalue weighted by Gasteiger charge is -2.09. The number of alkyl halides is 3. The molecule has 0 aliphatic rings. The summed E-state index contributed by atoms with van der Waals surface area (Å²) in [7, 11) is 0. The van der Waals surface area contributed by atoms with Crippen molar-refractivity contribution in [3.05, 3.63) is 97.1 Å². The fourth-order valence-electron chi connectivity index (χ4n) is 3.92. The lowest BCUT2D eigenvalue weighted by molar-refractivity contribution is -0.274. The first-order valence-electron chi connectivity index (χ1n) is 10.8. The lowest BCUT2D eigenvalue weighted by Crippen LogP contribution is -2.17. The third-order valence-electron chi connectivity index (χ3n) is 5.50. The fourth-order valence-corrected chi connectivity index (χ4v) is 3.92. The van der Waals surface area contributed by atoms with Crippen molar-refractivity contribution in [3.63, 3.8) is 0 Å². The summed E-state index contributed by atoms with van der Waals surface area (Å²) in [5, 5.41) is 6.97. The number of benzene rings is 3. The van der Waals surface area contributed by atoms with E-state index in [0.717, 1.165) is 24.9 Å². The number of aromatic nitrogens is 4. The van der Waals surface area contributed by atoms with E-state index in [1.807, 2.05) is 24.3 Å². The molecule has 0 N–H and O–H groups in total. The lowest BCUT2D eigenvalue weighted by atomic mass is 10.1. The molecule has 0 fully saturated rings. The average molecular weight is 462 g/mol. The zero-order chi connectivity index (χ0) is 23.5. The number of nitrogens with zero attached hydrogens (tertiary/aromatic N) is 4. The molecule has 0 aliphatic carbocycles. The van der Waals surface area contributed by atoms with E-state index in [9.17, 15) is 13.2 Å². The Morgan fingerprint density at radius 3 is 2.29 bits per heavy atom. The Bertz CT molecular complexity index is 1370. The molecule has 8 heteroatoms. The van der Waals surface area contributed by atoms with Crippen LogP contribution < -0.4 is 4.74 Å². The normalized spacial score (nSPS) is 11.7. The van der Waals surface area contributed by atoms with E-state index >= 15 is 0 Å². The molecular weight excluding hydrogens is 441 g/mol. The molecule has 0 saturated carbocycles. The van der Waals surface area contributed by atoms with Crippen LogP contribution in [-0.2, 0) is 13.0 Å². The fraction of sp³-hybridized carbons (Fsp3) is 0.154. The zero-order valence-corrected chi connectivity index (χ0v) is 18.1. The van der Waals surface area contributed by atoms with E-state index < -0.39 is 6.36 Å². The summed E-state index contributed by atoms with van der Waals surface area (Å²) in [5.41, 5.74) is 2.67. The van der Waals surface area contributed by atoms with Gasteiger partial charge < -0.3 is 9.30 Å². The number of hydrogen-bond acceptors (Lipinski definition) is 3. The Morgan fingerprint density at radius 2 is 1.59 bits per heavy atom. The predicted octanol–water partition coefficient (Wildman–Crippen LogP) is 6.42. The number of fused-ring (bicyclic) bond motifs is 1. The molecule has 3 aromatic carbocycles. The molecule has 2 heterocycles. The maximum atomic E-state index is 12.3. The molecule has 0 unspecified atom stereocenters. The van der Waals surface area contributed by atoms with Gasteiger partial charge in [-0.25, -0.2) is 9.67 Å². The third-order valence-corrected chi connectivity index (χ3v) is 5.50. The molecular formula is C26H21F3N4O. The number of ether oxygens (including phenoxy) is 1. The van der Waals surface area contributed by atoms with Gasteiger partial charge in [0, 0.05) is 24.5 Å². The van der Waals surface area contributed by atoms with Gasteiger partial charge in [-0.3, -0.25) is 0 Å². The van der Waals surface area contributed by atoms with Gasteiger partial charge in [-0.1, -0.05) is 42.5 Å². The zero-order valence-electron chi connectivity index (χ0n) is 18.1.